The highest BCUT2D eigenvalue weighted by atomic mass is 32.2. The van der Waals surface area contributed by atoms with Crippen molar-refractivity contribution in [3.05, 3.63) is 29.3 Å². The van der Waals surface area contributed by atoms with Crippen LogP contribution in [0.4, 0.5) is 8.78 Å². The minimum absolute atomic E-state index is 0.0224. The molecule has 1 aromatic rings. The summed E-state index contributed by atoms with van der Waals surface area (Å²) in [5, 5.41) is 3.98. The highest BCUT2D eigenvalue weighted by Gasteiger charge is 2.21. The first-order valence-corrected chi connectivity index (χ1v) is 6.21. The van der Waals surface area contributed by atoms with E-state index in [9.17, 15) is 8.78 Å². The summed E-state index contributed by atoms with van der Waals surface area (Å²) in [7, 11) is 0. The number of nitrogens with one attached hydrogen (secondary N) is 1. The van der Waals surface area contributed by atoms with Crippen LogP contribution in [0.25, 0.3) is 0 Å². The van der Waals surface area contributed by atoms with Gasteiger partial charge in [0.1, 0.15) is 11.6 Å². The molecule has 0 saturated heterocycles. The Morgan fingerprint density at radius 1 is 1.47 bits per heavy atom. The van der Waals surface area contributed by atoms with Crippen LogP contribution in [0, 0.1) is 11.6 Å². The molecule has 0 atom stereocenters. The molecule has 0 aliphatic carbocycles. The predicted octanol–water partition coefficient (Wildman–Crippen LogP) is 2.00. The molecule has 3 nitrogen and oxygen atoms in total. The molecule has 0 radical (unpaired) electrons. The van der Waals surface area contributed by atoms with Crippen LogP contribution in [-0.2, 0) is 0 Å². The fraction of sp³-hybridized carbons (Fsp3) is 0.200. The van der Waals surface area contributed by atoms with Gasteiger partial charge in [-0.15, -0.1) is 11.8 Å². The van der Waals surface area contributed by atoms with Gasteiger partial charge in [-0.25, -0.2) is 8.78 Å². The predicted molar refractivity (Wildman–Crippen MR) is 68.2 cm³/mol. The maximum Gasteiger partial charge on any atom is 0.184 e. The molecular weight excluding hydrogens is 264 g/mol. The number of nitrogens with zero attached hydrogens (tertiary/aromatic N) is 1. The van der Waals surface area contributed by atoms with Gasteiger partial charge in [-0.1, -0.05) is 0 Å². The van der Waals surface area contributed by atoms with E-state index < -0.39 is 11.6 Å². The lowest BCUT2D eigenvalue weighted by molar-refractivity contribution is 0.564. The second-order valence-electron chi connectivity index (χ2n) is 3.40. The fourth-order valence-electron chi connectivity index (χ4n) is 1.54. The average molecular weight is 273 g/mol. The van der Waals surface area contributed by atoms with Crippen molar-refractivity contribution >= 4 is 34.8 Å². The largest absolute Gasteiger partial charge is 0.375 e. The lowest BCUT2D eigenvalue weighted by atomic mass is 10.1. The summed E-state index contributed by atoms with van der Waals surface area (Å²) in [4.78, 5) is 0.418. The van der Waals surface area contributed by atoms with Crippen LogP contribution in [0.5, 0.6) is 0 Å². The van der Waals surface area contributed by atoms with E-state index in [-0.39, 0.29) is 5.11 Å². The molecule has 3 N–H and O–H groups in total. The number of halogens is 2. The zero-order chi connectivity index (χ0) is 12.4. The standard InChI is InChI=1S/C10H9F2N3S2/c11-5-3-6-8(14-15-10(13)16)1-2-17-9(6)7(12)4-5/h3-4H,1-2H2,(H3,13,15,16)/b14-8+. The molecule has 0 bridgehead atoms. The van der Waals surface area contributed by atoms with Crippen LogP contribution in [0.2, 0.25) is 0 Å². The molecule has 1 heterocycles. The number of fused-ring (bicyclic) bond motifs is 1. The topological polar surface area (TPSA) is 50.4 Å². The van der Waals surface area contributed by atoms with Gasteiger partial charge in [-0.3, -0.25) is 5.43 Å². The van der Waals surface area contributed by atoms with Gasteiger partial charge in [0.25, 0.3) is 0 Å². The maximum atomic E-state index is 13.5. The number of thioether (sulfide) groups is 1. The molecule has 0 spiro atoms. The number of rotatable bonds is 1. The highest BCUT2D eigenvalue weighted by Crippen LogP contribution is 2.33. The molecular formula is C10H9F2N3S2. The Balaban J connectivity index is 2.43. The van der Waals surface area contributed by atoms with Gasteiger partial charge in [0, 0.05) is 23.8 Å². The quantitative estimate of drug-likeness (QED) is 0.607. The minimum atomic E-state index is -0.619. The molecule has 0 fully saturated rings. The Kier molecular flexibility index (Phi) is 3.58. The molecule has 0 saturated carbocycles. The zero-order valence-corrected chi connectivity index (χ0v) is 10.3. The van der Waals surface area contributed by atoms with Crippen LogP contribution in [0.1, 0.15) is 12.0 Å². The molecule has 17 heavy (non-hydrogen) atoms. The third-order valence-electron chi connectivity index (χ3n) is 2.21. The monoisotopic (exact) mass is 273 g/mol. The van der Waals surface area contributed by atoms with Crippen molar-refractivity contribution in [2.45, 2.75) is 11.3 Å². The molecule has 1 aromatic carbocycles. The minimum Gasteiger partial charge on any atom is -0.375 e. The molecule has 0 unspecified atom stereocenters. The van der Waals surface area contributed by atoms with Gasteiger partial charge in [0.05, 0.1) is 10.6 Å². The Labute approximate surface area is 106 Å². The van der Waals surface area contributed by atoms with E-state index in [0.717, 1.165) is 6.07 Å². The van der Waals surface area contributed by atoms with E-state index in [4.69, 9.17) is 5.73 Å². The third-order valence-corrected chi connectivity index (χ3v) is 3.41. The number of hydrogen-bond donors (Lipinski definition) is 2. The number of hydrogen-bond acceptors (Lipinski definition) is 3. The van der Waals surface area contributed by atoms with Gasteiger partial charge < -0.3 is 5.73 Å². The molecule has 7 heteroatoms. The summed E-state index contributed by atoms with van der Waals surface area (Å²) in [5.74, 6) is -0.493. The van der Waals surface area contributed by atoms with Crippen LogP contribution < -0.4 is 11.2 Å². The van der Waals surface area contributed by atoms with E-state index in [1.165, 1.54) is 17.8 Å². The van der Waals surface area contributed by atoms with E-state index in [1.54, 1.807) is 0 Å². The first-order chi connectivity index (χ1) is 8.08. The van der Waals surface area contributed by atoms with Crippen LogP contribution in [0.3, 0.4) is 0 Å². The van der Waals surface area contributed by atoms with Gasteiger partial charge >= 0.3 is 0 Å². The van der Waals surface area contributed by atoms with Crippen molar-refractivity contribution in [1.82, 2.24) is 5.43 Å². The first kappa shape index (κ1) is 12.3. The van der Waals surface area contributed by atoms with Crippen LogP contribution >= 0.6 is 24.0 Å². The van der Waals surface area contributed by atoms with Gasteiger partial charge in [-0.2, -0.15) is 5.10 Å². The van der Waals surface area contributed by atoms with E-state index in [0.29, 0.717) is 28.3 Å². The summed E-state index contributed by atoms with van der Waals surface area (Å²) in [6.07, 6.45) is 0.607. The zero-order valence-electron chi connectivity index (χ0n) is 8.67. The third kappa shape index (κ3) is 2.73. The second kappa shape index (κ2) is 4.97. The smallest absolute Gasteiger partial charge is 0.184 e. The average Bonchev–Trinajstić information content (AvgIpc) is 2.26. The van der Waals surface area contributed by atoms with Gasteiger partial charge in [0.15, 0.2) is 5.11 Å². The second-order valence-corrected chi connectivity index (χ2v) is 4.94. The SMILES string of the molecule is NC(=S)N/N=C1\CCSc2c(F)cc(F)cc21. The highest BCUT2D eigenvalue weighted by molar-refractivity contribution is 7.99. The Morgan fingerprint density at radius 2 is 2.24 bits per heavy atom. The Bertz CT molecular complexity index is 503. The summed E-state index contributed by atoms with van der Waals surface area (Å²) < 4.78 is 26.7. The van der Waals surface area contributed by atoms with Crippen molar-refractivity contribution < 1.29 is 8.78 Å². The van der Waals surface area contributed by atoms with Crippen LogP contribution in [0.15, 0.2) is 22.1 Å². The summed E-state index contributed by atoms with van der Waals surface area (Å²) >= 11 is 5.97. The van der Waals surface area contributed by atoms with Crippen molar-refractivity contribution in [1.29, 1.82) is 0 Å². The molecule has 1 aliphatic heterocycles. The van der Waals surface area contributed by atoms with Crippen molar-refractivity contribution in [3.8, 4) is 0 Å². The van der Waals surface area contributed by atoms with E-state index in [1.807, 2.05) is 0 Å². The Hall–Kier alpha value is -1.21. The van der Waals surface area contributed by atoms with Crippen molar-refractivity contribution in [3.63, 3.8) is 0 Å². The number of thiocarbonyl (C=S) groups is 1. The number of nitrogens with two attached hydrogens (primary N) is 1. The van der Waals surface area contributed by atoms with Gasteiger partial charge in [0.2, 0.25) is 0 Å². The normalized spacial score (nSPS) is 16.7. The van der Waals surface area contributed by atoms with E-state index >= 15 is 0 Å². The Morgan fingerprint density at radius 3 is 2.94 bits per heavy atom. The molecule has 1 aliphatic rings. The number of hydrazone groups is 1. The summed E-state index contributed by atoms with van der Waals surface area (Å²) in [6.45, 7) is 0. The van der Waals surface area contributed by atoms with Crippen molar-refractivity contribution in [2.24, 2.45) is 10.8 Å². The number of benzene rings is 1. The summed E-state index contributed by atoms with van der Waals surface area (Å²) in [6, 6.07) is 2.14. The molecule has 0 amide bonds. The molecule has 2 rings (SSSR count). The fourth-order valence-corrected chi connectivity index (χ4v) is 2.62. The van der Waals surface area contributed by atoms with Gasteiger partial charge in [-0.05, 0) is 18.3 Å². The molecule has 0 aromatic heterocycles. The van der Waals surface area contributed by atoms with Crippen molar-refractivity contribution in [2.75, 3.05) is 5.75 Å². The maximum absolute atomic E-state index is 13.5. The lowest BCUT2D eigenvalue weighted by Crippen LogP contribution is -2.26. The van der Waals surface area contributed by atoms with Crippen LogP contribution in [-0.4, -0.2) is 16.6 Å². The lowest BCUT2D eigenvalue weighted by Gasteiger charge is -2.17. The van der Waals surface area contributed by atoms with E-state index in [2.05, 4.69) is 22.7 Å². The summed E-state index contributed by atoms with van der Waals surface area (Å²) in [5.41, 5.74) is 8.71. The molecule has 90 valence electrons. The first-order valence-electron chi connectivity index (χ1n) is 4.82.